The maximum atomic E-state index is 11.4. The molecule has 17 heavy (non-hydrogen) atoms. The van der Waals surface area contributed by atoms with E-state index in [0.29, 0.717) is 12.1 Å². The number of rotatable bonds is 3. The summed E-state index contributed by atoms with van der Waals surface area (Å²) in [5.74, 6) is 0. The molecule has 0 aliphatic carbocycles. The fraction of sp³-hybridized carbons (Fsp3) is 0.917. The lowest BCUT2D eigenvalue weighted by Crippen LogP contribution is -2.47. The molecule has 100 valence electrons. The van der Waals surface area contributed by atoms with Crippen LogP contribution in [0, 0.1) is 0 Å². The maximum absolute atomic E-state index is 11.4. The van der Waals surface area contributed by atoms with E-state index in [1.54, 1.807) is 0 Å². The van der Waals surface area contributed by atoms with Crippen molar-refractivity contribution in [3.05, 3.63) is 0 Å². The van der Waals surface area contributed by atoms with Crippen LogP contribution in [0.4, 0.5) is 4.79 Å². The topological polar surface area (TPSA) is 53.6 Å². The van der Waals surface area contributed by atoms with E-state index in [0.717, 1.165) is 19.5 Å². The summed E-state index contributed by atoms with van der Waals surface area (Å²) in [7, 11) is 0. The first kappa shape index (κ1) is 14.3. The van der Waals surface area contributed by atoms with Crippen molar-refractivity contribution in [3.63, 3.8) is 0 Å². The summed E-state index contributed by atoms with van der Waals surface area (Å²) < 4.78 is 5.15. The molecule has 0 bridgehead atoms. The third-order valence-electron chi connectivity index (χ3n) is 2.73. The van der Waals surface area contributed by atoms with Gasteiger partial charge < -0.3 is 4.74 Å². The molecule has 0 aromatic rings. The van der Waals surface area contributed by atoms with Crippen molar-refractivity contribution in [2.45, 2.75) is 58.7 Å². The summed E-state index contributed by atoms with van der Waals surface area (Å²) in [5, 5.41) is 0. The molecule has 1 heterocycles. The van der Waals surface area contributed by atoms with Crippen LogP contribution < -0.4 is 10.9 Å². The molecular formula is C12H25N3O2. The van der Waals surface area contributed by atoms with Gasteiger partial charge in [-0.1, -0.05) is 0 Å². The third kappa shape index (κ3) is 5.37. The molecule has 1 unspecified atom stereocenters. The van der Waals surface area contributed by atoms with E-state index in [1.807, 2.05) is 20.8 Å². The van der Waals surface area contributed by atoms with Gasteiger partial charge in [0.05, 0.1) is 0 Å². The van der Waals surface area contributed by atoms with Crippen LogP contribution in [0.3, 0.4) is 0 Å². The van der Waals surface area contributed by atoms with Gasteiger partial charge in [0.15, 0.2) is 0 Å². The minimum atomic E-state index is -0.453. The molecule has 2 N–H and O–H groups in total. The van der Waals surface area contributed by atoms with Gasteiger partial charge in [-0.3, -0.25) is 10.3 Å². The number of likely N-dealkylation sites (tertiary alicyclic amines) is 1. The number of ether oxygens (including phenoxy) is 1. The van der Waals surface area contributed by atoms with Crippen molar-refractivity contribution in [1.82, 2.24) is 15.8 Å². The zero-order chi connectivity index (χ0) is 13.1. The fourth-order valence-corrected chi connectivity index (χ4v) is 1.84. The Labute approximate surface area is 104 Å². The second kappa shape index (κ2) is 5.69. The van der Waals surface area contributed by atoms with Crippen molar-refractivity contribution < 1.29 is 9.53 Å². The molecule has 1 rings (SSSR count). The minimum absolute atomic E-state index is 0.310. The third-order valence-corrected chi connectivity index (χ3v) is 2.73. The highest BCUT2D eigenvalue weighted by molar-refractivity contribution is 5.67. The van der Waals surface area contributed by atoms with E-state index in [2.05, 4.69) is 29.6 Å². The maximum Gasteiger partial charge on any atom is 0.422 e. The Morgan fingerprint density at radius 1 is 1.41 bits per heavy atom. The second-order valence-electron chi connectivity index (χ2n) is 5.85. The smallest absolute Gasteiger partial charge is 0.422 e. The summed E-state index contributed by atoms with van der Waals surface area (Å²) >= 11 is 0. The average molecular weight is 243 g/mol. The first-order valence-corrected chi connectivity index (χ1v) is 6.26. The van der Waals surface area contributed by atoms with E-state index in [9.17, 15) is 4.79 Å². The van der Waals surface area contributed by atoms with Gasteiger partial charge >= 0.3 is 6.09 Å². The molecule has 0 saturated carbocycles. The molecule has 0 radical (unpaired) electrons. The number of amides is 1. The van der Waals surface area contributed by atoms with Gasteiger partial charge in [-0.2, -0.15) is 0 Å². The number of hydrazine groups is 1. The van der Waals surface area contributed by atoms with Gasteiger partial charge in [0, 0.05) is 25.2 Å². The van der Waals surface area contributed by atoms with Crippen molar-refractivity contribution >= 4 is 6.09 Å². The average Bonchev–Trinajstić information content (AvgIpc) is 2.60. The van der Waals surface area contributed by atoms with Gasteiger partial charge in [-0.15, -0.1) is 0 Å². The Bertz CT molecular complexity index is 261. The number of carbonyl (C=O) groups is 1. The summed E-state index contributed by atoms with van der Waals surface area (Å²) in [5.41, 5.74) is 5.17. The zero-order valence-corrected chi connectivity index (χ0v) is 11.5. The van der Waals surface area contributed by atoms with Crippen LogP contribution in [0.5, 0.6) is 0 Å². The highest BCUT2D eigenvalue weighted by Gasteiger charge is 2.24. The van der Waals surface area contributed by atoms with Crippen LogP contribution in [0.25, 0.3) is 0 Å². The molecule has 1 fully saturated rings. The summed E-state index contributed by atoms with van der Waals surface area (Å²) in [6.45, 7) is 12.0. The van der Waals surface area contributed by atoms with Crippen LogP contribution in [0.1, 0.15) is 41.0 Å². The van der Waals surface area contributed by atoms with E-state index in [1.165, 1.54) is 0 Å². The van der Waals surface area contributed by atoms with Gasteiger partial charge in [0.2, 0.25) is 0 Å². The molecule has 5 heteroatoms. The summed E-state index contributed by atoms with van der Waals surface area (Å²) in [4.78, 5) is 13.8. The van der Waals surface area contributed by atoms with Gasteiger partial charge in [0.1, 0.15) is 5.60 Å². The molecule has 5 nitrogen and oxygen atoms in total. The molecule has 1 amide bonds. The van der Waals surface area contributed by atoms with Gasteiger partial charge in [-0.25, -0.2) is 10.2 Å². The highest BCUT2D eigenvalue weighted by atomic mass is 16.6. The Kier molecular flexibility index (Phi) is 4.77. The number of hydrogen-bond donors (Lipinski definition) is 2. The summed E-state index contributed by atoms with van der Waals surface area (Å²) in [6, 6.07) is 0.869. The number of nitrogens with one attached hydrogen (secondary N) is 2. The standard InChI is InChI=1S/C12H25N3O2/c1-9(2)15-7-6-10(8-15)13-14-11(16)17-12(3,4)5/h9-10,13H,6-8H2,1-5H3,(H,14,16). The van der Waals surface area contributed by atoms with Crippen LogP contribution in [-0.4, -0.2) is 41.8 Å². The lowest BCUT2D eigenvalue weighted by Gasteiger charge is -2.22. The first-order chi connectivity index (χ1) is 7.78. The van der Waals surface area contributed by atoms with Crippen molar-refractivity contribution in [1.29, 1.82) is 0 Å². The predicted octanol–water partition coefficient (Wildman–Crippen LogP) is 1.50. The number of carbonyl (C=O) groups excluding carboxylic acids is 1. The van der Waals surface area contributed by atoms with Crippen molar-refractivity contribution in [3.8, 4) is 0 Å². The fourth-order valence-electron chi connectivity index (χ4n) is 1.84. The second-order valence-corrected chi connectivity index (χ2v) is 5.85. The molecule has 1 aliphatic rings. The molecule has 0 aromatic heterocycles. The SMILES string of the molecule is CC(C)N1CCC(NNC(=O)OC(C)(C)C)C1. The van der Waals surface area contributed by atoms with Crippen LogP contribution in [-0.2, 0) is 4.74 Å². The number of nitrogens with zero attached hydrogens (tertiary/aromatic N) is 1. The van der Waals surface area contributed by atoms with Gasteiger partial charge in [0.25, 0.3) is 0 Å². The molecule has 1 aliphatic heterocycles. The van der Waals surface area contributed by atoms with E-state index >= 15 is 0 Å². The van der Waals surface area contributed by atoms with Crippen LogP contribution in [0.2, 0.25) is 0 Å². The van der Waals surface area contributed by atoms with Gasteiger partial charge in [-0.05, 0) is 41.0 Å². The summed E-state index contributed by atoms with van der Waals surface area (Å²) in [6.07, 6.45) is 0.633. The normalized spacial score (nSPS) is 21.9. The molecule has 1 saturated heterocycles. The Balaban J connectivity index is 2.22. The monoisotopic (exact) mass is 243 g/mol. The van der Waals surface area contributed by atoms with E-state index in [4.69, 9.17) is 4.74 Å². The molecule has 1 atom stereocenters. The predicted molar refractivity (Wildman–Crippen MR) is 67.6 cm³/mol. The molecule has 0 aromatic carbocycles. The Morgan fingerprint density at radius 2 is 2.06 bits per heavy atom. The van der Waals surface area contributed by atoms with Crippen LogP contribution in [0.15, 0.2) is 0 Å². The lowest BCUT2D eigenvalue weighted by atomic mass is 10.2. The number of hydrogen-bond acceptors (Lipinski definition) is 4. The van der Waals surface area contributed by atoms with E-state index < -0.39 is 11.7 Å². The molecule has 0 spiro atoms. The largest absolute Gasteiger partial charge is 0.443 e. The Morgan fingerprint density at radius 3 is 2.53 bits per heavy atom. The van der Waals surface area contributed by atoms with Crippen molar-refractivity contribution in [2.75, 3.05) is 13.1 Å². The zero-order valence-electron chi connectivity index (χ0n) is 11.5. The van der Waals surface area contributed by atoms with Crippen LogP contribution >= 0.6 is 0 Å². The quantitative estimate of drug-likeness (QED) is 0.738. The lowest BCUT2D eigenvalue weighted by molar-refractivity contribution is 0.0488. The minimum Gasteiger partial charge on any atom is -0.443 e. The van der Waals surface area contributed by atoms with Crippen molar-refractivity contribution in [2.24, 2.45) is 0 Å². The first-order valence-electron chi connectivity index (χ1n) is 6.26. The van der Waals surface area contributed by atoms with E-state index in [-0.39, 0.29) is 0 Å². The highest BCUT2D eigenvalue weighted by Crippen LogP contribution is 2.11. The Hall–Kier alpha value is -0.810. The molecular weight excluding hydrogens is 218 g/mol.